The second-order valence-electron chi connectivity index (χ2n) is 5.61. The summed E-state index contributed by atoms with van der Waals surface area (Å²) in [5.41, 5.74) is 2.01. The van der Waals surface area contributed by atoms with Crippen LogP contribution < -0.4 is 10.0 Å². The molecular weight excluding hydrogens is 343 g/mol. The van der Waals surface area contributed by atoms with Crippen molar-refractivity contribution in [2.75, 3.05) is 11.0 Å². The topological polar surface area (TPSA) is 75.3 Å². The van der Waals surface area contributed by atoms with Gasteiger partial charge in [-0.3, -0.25) is 9.52 Å². The highest BCUT2D eigenvalue weighted by Gasteiger charge is 2.07. The number of rotatable bonds is 6. The van der Waals surface area contributed by atoms with Crippen molar-refractivity contribution in [3.05, 3.63) is 71.6 Å². The molecule has 0 spiro atoms. The maximum Gasteiger partial charge on any atom is 0.244 e. The van der Waals surface area contributed by atoms with Gasteiger partial charge < -0.3 is 5.32 Å². The van der Waals surface area contributed by atoms with Crippen molar-refractivity contribution in [3.8, 4) is 0 Å². The van der Waals surface area contributed by atoms with Crippen LogP contribution >= 0.6 is 0 Å². The molecule has 0 bridgehead atoms. The summed E-state index contributed by atoms with van der Waals surface area (Å²) in [7, 11) is -3.31. The van der Waals surface area contributed by atoms with Crippen molar-refractivity contribution in [2.45, 2.75) is 13.0 Å². The number of anilines is 1. The average molecular weight is 362 g/mol. The molecule has 0 aliphatic heterocycles. The first kappa shape index (κ1) is 18.7. The van der Waals surface area contributed by atoms with Crippen LogP contribution in [0.1, 0.15) is 24.1 Å². The summed E-state index contributed by atoms with van der Waals surface area (Å²) in [6.07, 6.45) is 4.09. The van der Waals surface area contributed by atoms with Crippen LogP contribution in [0, 0.1) is 5.82 Å². The molecule has 1 amide bonds. The van der Waals surface area contributed by atoms with Crippen molar-refractivity contribution >= 4 is 27.7 Å². The number of nitrogens with one attached hydrogen (secondary N) is 2. The van der Waals surface area contributed by atoms with E-state index in [1.165, 1.54) is 18.2 Å². The Labute approximate surface area is 146 Å². The minimum absolute atomic E-state index is 0.251. The predicted octanol–water partition coefficient (Wildman–Crippen LogP) is 3.09. The normalized spacial score (nSPS) is 12.8. The highest BCUT2D eigenvalue weighted by atomic mass is 32.2. The van der Waals surface area contributed by atoms with Crippen molar-refractivity contribution < 1.29 is 17.6 Å². The zero-order chi connectivity index (χ0) is 18.4. The number of carbonyl (C=O) groups is 1. The minimum Gasteiger partial charge on any atom is -0.346 e. The monoisotopic (exact) mass is 362 g/mol. The van der Waals surface area contributed by atoms with E-state index in [1.807, 2.05) is 6.92 Å². The Morgan fingerprint density at radius 1 is 1.08 bits per heavy atom. The van der Waals surface area contributed by atoms with E-state index in [4.69, 9.17) is 0 Å². The maximum absolute atomic E-state index is 12.9. The molecule has 1 unspecified atom stereocenters. The van der Waals surface area contributed by atoms with Gasteiger partial charge in [-0.2, -0.15) is 0 Å². The van der Waals surface area contributed by atoms with Gasteiger partial charge in [0.15, 0.2) is 0 Å². The van der Waals surface area contributed by atoms with Gasteiger partial charge in [-0.25, -0.2) is 12.8 Å². The number of hydrogen-bond donors (Lipinski definition) is 2. The molecule has 1 atom stereocenters. The van der Waals surface area contributed by atoms with E-state index in [2.05, 4.69) is 10.0 Å². The van der Waals surface area contributed by atoms with Gasteiger partial charge in [0.25, 0.3) is 0 Å². The Morgan fingerprint density at radius 2 is 1.68 bits per heavy atom. The lowest BCUT2D eigenvalue weighted by Gasteiger charge is -2.12. The molecule has 0 aliphatic carbocycles. The first-order chi connectivity index (χ1) is 11.7. The van der Waals surface area contributed by atoms with Gasteiger partial charge in [-0.05, 0) is 48.4 Å². The smallest absolute Gasteiger partial charge is 0.244 e. The van der Waals surface area contributed by atoms with Gasteiger partial charge in [-0.15, -0.1) is 0 Å². The lowest BCUT2D eigenvalue weighted by atomic mass is 10.1. The SMILES string of the molecule is CC(NC(=O)C=Cc1ccc(NS(C)(=O)=O)cc1)c1ccc(F)cc1. The molecule has 2 aromatic rings. The Bertz CT molecular complexity index is 860. The third-order valence-corrected chi connectivity index (χ3v) is 3.98. The zero-order valence-corrected chi connectivity index (χ0v) is 14.7. The lowest BCUT2D eigenvalue weighted by molar-refractivity contribution is -0.117. The number of benzene rings is 2. The number of halogens is 1. The summed E-state index contributed by atoms with van der Waals surface area (Å²) in [5, 5.41) is 2.79. The van der Waals surface area contributed by atoms with Crippen molar-refractivity contribution in [3.63, 3.8) is 0 Å². The largest absolute Gasteiger partial charge is 0.346 e. The quantitative estimate of drug-likeness (QED) is 0.776. The summed E-state index contributed by atoms with van der Waals surface area (Å²) >= 11 is 0. The molecule has 7 heteroatoms. The molecule has 2 rings (SSSR count). The van der Waals surface area contributed by atoms with Crippen LogP contribution in [0.4, 0.5) is 10.1 Å². The maximum atomic E-state index is 12.9. The molecule has 0 saturated heterocycles. The molecule has 2 aromatic carbocycles. The lowest BCUT2D eigenvalue weighted by Crippen LogP contribution is -2.24. The van der Waals surface area contributed by atoms with Crippen LogP contribution in [0.3, 0.4) is 0 Å². The fraction of sp³-hybridized carbons (Fsp3) is 0.167. The molecule has 0 saturated carbocycles. The van der Waals surface area contributed by atoms with Gasteiger partial charge in [0.2, 0.25) is 15.9 Å². The van der Waals surface area contributed by atoms with Crippen LogP contribution in [-0.2, 0) is 14.8 Å². The van der Waals surface area contributed by atoms with Crippen LogP contribution in [0.2, 0.25) is 0 Å². The van der Waals surface area contributed by atoms with E-state index in [1.54, 1.807) is 42.5 Å². The molecule has 5 nitrogen and oxygen atoms in total. The first-order valence-corrected chi connectivity index (χ1v) is 9.44. The van der Waals surface area contributed by atoms with Gasteiger partial charge in [0.1, 0.15) is 5.82 Å². The van der Waals surface area contributed by atoms with Gasteiger partial charge in [0.05, 0.1) is 12.3 Å². The third-order valence-electron chi connectivity index (χ3n) is 3.37. The highest BCUT2D eigenvalue weighted by molar-refractivity contribution is 7.92. The Hall–Kier alpha value is -2.67. The Kier molecular flexibility index (Phi) is 5.93. The molecule has 25 heavy (non-hydrogen) atoms. The van der Waals surface area contributed by atoms with Crippen LogP contribution in [0.5, 0.6) is 0 Å². The molecule has 0 radical (unpaired) electrons. The second-order valence-corrected chi connectivity index (χ2v) is 7.36. The predicted molar refractivity (Wildman–Crippen MR) is 96.9 cm³/mol. The van der Waals surface area contributed by atoms with E-state index in [0.717, 1.165) is 17.4 Å². The van der Waals surface area contributed by atoms with Gasteiger partial charge >= 0.3 is 0 Å². The van der Waals surface area contributed by atoms with E-state index < -0.39 is 10.0 Å². The number of hydrogen-bond acceptors (Lipinski definition) is 3. The molecule has 2 N–H and O–H groups in total. The Morgan fingerprint density at radius 3 is 2.24 bits per heavy atom. The van der Waals surface area contributed by atoms with Gasteiger partial charge in [-0.1, -0.05) is 24.3 Å². The molecule has 0 aliphatic rings. The molecule has 0 aromatic heterocycles. The minimum atomic E-state index is -3.31. The summed E-state index contributed by atoms with van der Waals surface area (Å²) < 4.78 is 37.5. The highest BCUT2D eigenvalue weighted by Crippen LogP contribution is 2.14. The van der Waals surface area contributed by atoms with Crippen molar-refractivity contribution in [2.24, 2.45) is 0 Å². The summed E-state index contributed by atoms with van der Waals surface area (Å²) in [6.45, 7) is 1.81. The molecular formula is C18H19FN2O3S. The van der Waals surface area contributed by atoms with E-state index >= 15 is 0 Å². The molecule has 132 valence electrons. The van der Waals surface area contributed by atoms with E-state index in [9.17, 15) is 17.6 Å². The van der Waals surface area contributed by atoms with Crippen molar-refractivity contribution in [1.29, 1.82) is 0 Å². The molecule has 0 fully saturated rings. The Balaban J connectivity index is 1.94. The second kappa shape index (κ2) is 7.94. The van der Waals surface area contributed by atoms with Crippen LogP contribution in [0.25, 0.3) is 6.08 Å². The summed E-state index contributed by atoms with van der Waals surface area (Å²) in [6, 6.07) is 12.3. The number of amides is 1. The van der Waals surface area contributed by atoms with Crippen LogP contribution in [-0.4, -0.2) is 20.6 Å². The van der Waals surface area contributed by atoms with Crippen molar-refractivity contribution in [1.82, 2.24) is 5.32 Å². The van der Waals surface area contributed by atoms with Crippen LogP contribution in [0.15, 0.2) is 54.6 Å². The van der Waals surface area contributed by atoms with E-state index in [-0.39, 0.29) is 17.8 Å². The van der Waals surface area contributed by atoms with Gasteiger partial charge in [0, 0.05) is 11.8 Å². The number of sulfonamides is 1. The van der Waals surface area contributed by atoms with E-state index in [0.29, 0.717) is 5.69 Å². The number of carbonyl (C=O) groups excluding carboxylic acids is 1. The summed E-state index contributed by atoms with van der Waals surface area (Å²) in [4.78, 5) is 12.0. The third kappa shape index (κ3) is 6.39. The fourth-order valence-corrected chi connectivity index (χ4v) is 2.71. The average Bonchev–Trinajstić information content (AvgIpc) is 2.53. The first-order valence-electron chi connectivity index (χ1n) is 7.55. The summed E-state index contributed by atoms with van der Waals surface area (Å²) in [5.74, 6) is -0.605. The standard InChI is InChI=1S/C18H19FN2O3S/c1-13(15-6-8-16(19)9-7-15)20-18(22)12-5-14-3-10-17(11-4-14)21-25(2,23)24/h3-13,21H,1-2H3,(H,20,22). The molecule has 0 heterocycles. The fourth-order valence-electron chi connectivity index (χ4n) is 2.14. The zero-order valence-electron chi connectivity index (χ0n) is 13.9.